The maximum Gasteiger partial charge on any atom is 0.0983 e. The van der Waals surface area contributed by atoms with E-state index >= 15 is 0 Å². The zero-order valence-corrected chi connectivity index (χ0v) is 11.0. The highest BCUT2D eigenvalue weighted by molar-refractivity contribution is 5.04. The van der Waals surface area contributed by atoms with Crippen LogP contribution in [0, 0.1) is 11.8 Å². The van der Waals surface area contributed by atoms with Gasteiger partial charge < -0.3 is 9.67 Å². The first-order valence-electron chi connectivity index (χ1n) is 6.90. The van der Waals surface area contributed by atoms with E-state index in [2.05, 4.69) is 23.4 Å². The van der Waals surface area contributed by atoms with Gasteiger partial charge in [0.05, 0.1) is 24.3 Å². The van der Waals surface area contributed by atoms with Crippen LogP contribution < -0.4 is 0 Å². The number of aryl methyl sites for hydroxylation is 1. The Bertz CT molecular complexity index is 340. The quantitative estimate of drug-likeness (QED) is 0.872. The molecule has 0 aromatic carbocycles. The average Bonchev–Trinajstić information content (AvgIpc) is 2.78. The smallest absolute Gasteiger partial charge is 0.0983 e. The number of hydrogen-bond donors (Lipinski definition) is 1. The molecule has 1 heterocycles. The fourth-order valence-electron chi connectivity index (χ4n) is 2.85. The Morgan fingerprint density at radius 3 is 2.76 bits per heavy atom. The molecule has 0 aliphatic heterocycles. The molecule has 0 amide bonds. The van der Waals surface area contributed by atoms with Crippen LogP contribution in [-0.4, -0.2) is 14.7 Å². The molecular formula is C14H24N2O. The largest absolute Gasteiger partial charge is 0.387 e. The first kappa shape index (κ1) is 12.6. The van der Waals surface area contributed by atoms with Crippen molar-refractivity contribution in [3.05, 3.63) is 18.2 Å². The van der Waals surface area contributed by atoms with Crippen molar-refractivity contribution in [1.82, 2.24) is 9.55 Å². The molecule has 0 bridgehead atoms. The van der Waals surface area contributed by atoms with Crippen molar-refractivity contribution in [2.24, 2.45) is 11.8 Å². The molecular weight excluding hydrogens is 212 g/mol. The lowest BCUT2D eigenvalue weighted by Crippen LogP contribution is -2.21. The van der Waals surface area contributed by atoms with Crippen LogP contribution in [0.15, 0.2) is 12.5 Å². The van der Waals surface area contributed by atoms with E-state index < -0.39 is 0 Å². The van der Waals surface area contributed by atoms with Gasteiger partial charge in [-0.1, -0.05) is 26.7 Å². The number of aliphatic hydroxyl groups excluding tert-OH is 1. The molecule has 1 aliphatic rings. The first-order chi connectivity index (χ1) is 8.22. The van der Waals surface area contributed by atoms with Crippen LogP contribution in [0.3, 0.4) is 0 Å². The van der Waals surface area contributed by atoms with Crippen LogP contribution in [0.5, 0.6) is 0 Å². The van der Waals surface area contributed by atoms with Crippen molar-refractivity contribution in [2.45, 2.75) is 58.6 Å². The van der Waals surface area contributed by atoms with Crippen LogP contribution in [-0.2, 0) is 6.54 Å². The van der Waals surface area contributed by atoms with Gasteiger partial charge in [-0.3, -0.25) is 0 Å². The van der Waals surface area contributed by atoms with Gasteiger partial charge in [0.25, 0.3) is 0 Å². The summed E-state index contributed by atoms with van der Waals surface area (Å²) in [5.74, 6) is 1.26. The zero-order chi connectivity index (χ0) is 12.3. The minimum absolute atomic E-state index is 0.323. The molecule has 1 aromatic heterocycles. The third-order valence-corrected chi connectivity index (χ3v) is 4.02. The van der Waals surface area contributed by atoms with Gasteiger partial charge in [-0.25, -0.2) is 4.98 Å². The summed E-state index contributed by atoms with van der Waals surface area (Å²) < 4.78 is 2.10. The van der Waals surface area contributed by atoms with Gasteiger partial charge in [0.2, 0.25) is 0 Å². The highest BCUT2D eigenvalue weighted by Crippen LogP contribution is 2.36. The lowest BCUT2D eigenvalue weighted by molar-refractivity contribution is 0.0690. The van der Waals surface area contributed by atoms with Crippen LogP contribution in [0.2, 0.25) is 0 Å². The van der Waals surface area contributed by atoms with Gasteiger partial charge in [0.1, 0.15) is 0 Å². The molecule has 96 valence electrons. The van der Waals surface area contributed by atoms with E-state index in [1.165, 1.54) is 12.8 Å². The number of aromatic nitrogens is 2. The standard InChI is InChI=1S/C14H24N2O/c1-3-8-16-10-15-9-13(16)14(17)12-6-4-11(2)5-7-12/h9-12,14,17H,3-8H2,1-2H3. The Morgan fingerprint density at radius 2 is 2.12 bits per heavy atom. The summed E-state index contributed by atoms with van der Waals surface area (Å²) in [6.45, 7) is 5.41. The monoisotopic (exact) mass is 236 g/mol. The van der Waals surface area contributed by atoms with Gasteiger partial charge in [-0.05, 0) is 31.1 Å². The molecule has 1 atom stereocenters. The summed E-state index contributed by atoms with van der Waals surface area (Å²) in [6.07, 6.45) is 9.24. The minimum Gasteiger partial charge on any atom is -0.387 e. The van der Waals surface area contributed by atoms with Crippen molar-refractivity contribution in [3.8, 4) is 0 Å². The predicted octanol–water partition coefficient (Wildman–Crippen LogP) is 3.15. The number of nitrogens with zero attached hydrogens (tertiary/aromatic N) is 2. The van der Waals surface area contributed by atoms with Crippen LogP contribution in [0.4, 0.5) is 0 Å². The Balaban J connectivity index is 2.03. The summed E-state index contributed by atoms with van der Waals surface area (Å²) in [7, 11) is 0. The second kappa shape index (κ2) is 5.67. The molecule has 1 aliphatic carbocycles. The molecule has 3 nitrogen and oxygen atoms in total. The Hall–Kier alpha value is -0.830. The van der Waals surface area contributed by atoms with Gasteiger partial charge in [-0.2, -0.15) is 0 Å². The summed E-state index contributed by atoms with van der Waals surface area (Å²) >= 11 is 0. The molecule has 0 saturated heterocycles. The van der Waals surface area contributed by atoms with E-state index in [0.717, 1.165) is 37.4 Å². The molecule has 1 unspecified atom stereocenters. The molecule has 3 heteroatoms. The highest BCUT2D eigenvalue weighted by atomic mass is 16.3. The topological polar surface area (TPSA) is 38.0 Å². The third-order valence-electron chi connectivity index (χ3n) is 4.02. The molecule has 2 rings (SSSR count). The molecule has 0 radical (unpaired) electrons. The van der Waals surface area contributed by atoms with Crippen molar-refractivity contribution in [2.75, 3.05) is 0 Å². The number of hydrogen-bond acceptors (Lipinski definition) is 2. The lowest BCUT2D eigenvalue weighted by Gasteiger charge is -2.30. The van der Waals surface area contributed by atoms with Crippen molar-refractivity contribution in [3.63, 3.8) is 0 Å². The van der Waals surface area contributed by atoms with Gasteiger partial charge >= 0.3 is 0 Å². The number of imidazole rings is 1. The van der Waals surface area contributed by atoms with Crippen LogP contribution in [0.1, 0.15) is 57.7 Å². The van der Waals surface area contributed by atoms with E-state index in [4.69, 9.17) is 0 Å². The SMILES string of the molecule is CCCn1cncc1C(O)C1CCC(C)CC1. The van der Waals surface area contributed by atoms with Crippen molar-refractivity contribution >= 4 is 0 Å². The average molecular weight is 236 g/mol. The zero-order valence-electron chi connectivity index (χ0n) is 11.0. The second-order valence-electron chi connectivity index (χ2n) is 5.48. The Kier molecular flexibility index (Phi) is 4.21. The molecule has 1 saturated carbocycles. The second-order valence-corrected chi connectivity index (χ2v) is 5.48. The lowest BCUT2D eigenvalue weighted by atomic mass is 9.79. The molecule has 0 spiro atoms. The van der Waals surface area contributed by atoms with Crippen LogP contribution >= 0.6 is 0 Å². The van der Waals surface area contributed by atoms with Crippen LogP contribution in [0.25, 0.3) is 0 Å². The van der Waals surface area contributed by atoms with E-state index in [0.29, 0.717) is 5.92 Å². The Labute approximate surface area is 104 Å². The summed E-state index contributed by atoms with van der Waals surface area (Å²) in [5, 5.41) is 10.5. The van der Waals surface area contributed by atoms with Crippen molar-refractivity contribution in [1.29, 1.82) is 0 Å². The highest BCUT2D eigenvalue weighted by Gasteiger charge is 2.27. The first-order valence-corrected chi connectivity index (χ1v) is 6.90. The maximum atomic E-state index is 10.5. The minimum atomic E-state index is -0.323. The fraction of sp³-hybridized carbons (Fsp3) is 0.786. The predicted molar refractivity (Wildman–Crippen MR) is 68.6 cm³/mol. The van der Waals surface area contributed by atoms with Gasteiger partial charge in [0.15, 0.2) is 0 Å². The van der Waals surface area contributed by atoms with Gasteiger partial charge in [-0.15, -0.1) is 0 Å². The molecule has 17 heavy (non-hydrogen) atoms. The molecule has 1 fully saturated rings. The summed E-state index contributed by atoms with van der Waals surface area (Å²) in [4.78, 5) is 4.17. The van der Waals surface area contributed by atoms with E-state index in [1.807, 2.05) is 12.5 Å². The van der Waals surface area contributed by atoms with Gasteiger partial charge in [0, 0.05) is 6.54 Å². The van der Waals surface area contributed by atoms with E-state index in [-0.39, 0.29) is 6.10 Å². The molecule has 1 aromatic rings. The number of rotatable bonds is 4. The maximum absolute atomic E-state index is 10.5. The normalized spacial score (nSPS) is 27.0. The summed E-state index contributed by atoms with van der Waals surface area (Å²) in [6, 6.07) is 0. The van der Waals surface area contributed by atoms with E-state index in [1.54, 1.807) is 0 Å². The molecule has 1 N–H and O–H groups in total. The van der Waals surface area contributed by atoms with Crippen molar-refractivity contribution < 1.29 is 5.11 Å². The number of aliphatic hydroxyl groups is 1. The van der Waals surface area contributed by atoms with E-state index in [9.17, 15) is 5.11 Å². The summed E-state index contributed by atoms with van der Waals surface area (Å²) in [5.41, 5.74) is 1.01. The third kappa shape index (κ3) is 2.89. The Morgan fingerprint density at radius 1 is 1.41 bits per heavy atom. The fourth-order valence-corrected chi connectivity index (χ4v) is 2.85.